The molecule has 1 rings (SSSR count). The lowest BCUT2D eigenvalue weighted by atomic mass is 10.1. The van der Waals surface area contributed by atoms with Crippen LogP contribution >= 0.6 is 11.6 Å². The molecule has 0 saturated carbocycles. The largest absolute Gasteiger partial charge is 0.257 e. The number of nitrogens with one attached hydrogen (secondary N) is 1. The fourth-order valence-corrected chi connectivity index (χ4v) is 3.22. The number of alkyl halides is 1. The lowest BCUT2D eigenvalue weighted by Crippen LogP contribution is -2.31. The second kappa shape index (κ2) is 5.84. The van der Waals surface area contributed by atoms with Crippen molar-refractivity contribution >= 4 is 21.6 Å². The van der Waals surface area contributed by atoms with E-state index in [0.717, 1.165) is 6.42 Å². The van der Waals surface area contributed by atoms with Crippen molar-refractivity contribution in [3.05, 3.63) is 12.3 Å². The number of sulfonamides is 1. The molecule has 0 amide bonds. The molecule has 0 aromatic carbocycles. The first-order valence-corrected chi connectivity index (χ1v) is 7.36. The molecular formula is C10H18ClN3O2S. The van der Waals surface area contributed by atoms with Gasteiger partial charge in [-0.3, -0.25) is 4.68 Å². The van der Waals surface area contributed by atoms with Gasteiger partial charge in [0.15, 0.2) is 5.03 Å². The normalized spacial score (nSPS) is 14.2. The summed E-state index contributed by atoms with van der Waals surface area (Å²) in [5.74, 6) is 0.443. The lowest BCUT2D eigenvalue weighted by molar-refractivity contribution is 0.537. The molecule has 0 aliphatic rings. The Bertz CT molecular complexity index is 456. The summed E-state index contributed by atoms with van der Waals surface area (Å²) >= 11 is 6.03. The topological polar surface area (TPSA) is 64.0 Å². The molecule has 1 N–H and O–H groups in total. The van der Waals surface area contributed by atoms with Gasteiger partial charge in [-0.25, -0.2) is 13.1 Å². The molecule has 5 nitrogen and oxygen atoms in total. The van der Waals surface area contributed by atoms with Gasteiger partial charge < -0.3 is 0 Å². The number of aryl methyl sites for hydroxylation is 1. The van der Waals surface area contributed by atoms with Crippen LogP contribution in [-0.2, 0) is 17.1 Å². The molecule has 0 bridgehead atoms. The van der Waals surface area contributed by atoms with Crippen LogP contribution in [0.15, 0.2) is 17.3 Å². The molecule has 1 aromatic rings. The van der Waals surface area contributed by atoms with E-state index in [0.29, 0.717) is 5.92 Å². The fraction of sp³-hybridized carbons (Fsp3) is 0.700. The molecule has 0 aliphatic heterocycles. The van der Waals surface area contributed by atoms with E-state index in [1.807, 2.05) is 13.8 Å². The van der Waals surface area contributed by atoms with Gasteiger partial charge in [-0.05, 0) is 18.4 Å². The molecule has 1 heterocycles. The molecule has 0 radical (unpaired) electrons. The monoisotopic (exact) mass is 279 g/mol. The van der Waals surface area contributed by atoms with Crippen LogP contribution in [0.2, 0.25) is 0 Å². The minimum atomic E-state index is -3.51. The zero-order valence-electron chi connectivity index (χ0n) is 10.2. The van der Waals surface area contributed by atoms with Gasteiger partial charge in [0.25, 0.3) is 10.0 Å². The first kappa shape index (κ1) is 14.5. The van der Waals surface area contributed by atoms with E-state index in [9.17, 15) is 8.42 Å². The smallest absolute Gasteiger partial charge is 0.256 e. The highest BCUT2D eigenvalue weighted by atomic mass is 35.5. The Labute approximate surface area is 107 Å². The van der Waals surface area contributed by atoms with Crippen LogP contribution < -0.4 is 4.72 Å². The van der Waals surface area contributed by atoms with Crippen molar-refractivity contribution in [1.29, 1.82) is 0 Å². The zero-order valence-corrected chi connectivity index (χ0v) is 11.8. The highest BCUT2D eigenvalue weighted by molar-refractivity contribution is 7.89. The third-order valence-electron chi connectivity index (χ3n) is 2.27. The predicted octanol–water partition coefficient (Wildman–Crippen LogP) is 1.35. The second-order valence-electron chi connectivity index (χ2n) is 4.37. The minimum absolute atomic E-state index is 0.144. The van der Waals surface area contributed by atoms with Gasteiger partial charge in [0, 0.05) is 19.0 Å². The van der Waals surface area contributed by atoms with Crippen LogP contribution in [0.4, 0.5) is 0 Å². The summed E-state index contributed by atoms with van der Waals surface area (Å²) in [7, 11) is -1.93. The predicted molar refractivity (Wildman–Crippen MR) is 67.5 cm³/mol. The lowest BCUT2D eigenvalue weighted by Gasteiger charge is -2.13. The highest BCUT2D eigenvalue weighted by Gasteiger charge is 2.19. The van der Waals surface area contributed by atoms with Crippen LogP contribution in [0.3, 0.4) is 0 Å². The van der Waals surface area contributed by atoms with Crippen LogP contribution in [0.5, 0.6) is 0 Å². The van der Waals surface area contributed by atoms with Crippen molar-refractivity contribution in [2.24, 2.45) is 13.0 Å². The van der Waals surface area contributed by atoms with Crippen molar-refractivity contribution in [1.82, 2.24) is 14.5 Å². The van der Waals surface area contributed by atoms with Gasteiger partial charge in [-0.15, -0.1) is 11.6 Å². The summed E-state index contributed by atoms with van der Waals surface area (Å²) in [6.07, 6.45) is 2.22. The molecule has 0 saturated heterocycles. The standard InChI is InChI=1S/C10H18ClN3O2S/c1-8(2)6-9(11)7-13-17(15,16)10-4-5-12-14(10)3/h4-5,8-9,13H,6-7H2,1-3H3. The van der Waals surface area contributed by atoms with Crippen LogP contribution in [0.1, 0.15) is 20.3 Å². The Hall–Kier alpha value is -0.590. The summed E-state index contributed by atoms with van der Waals surface area (Å²) in [4.78, 5) is 0. The van der Waals surface area contributed by atoms with Gasteiger partial charge in [0.05, 0.1) is 6.20 Å². The number of aromatic nitrogens is 2. The SMILES string of the molecule is CC(C)CC(Cl)CNS(=O)(=O)c1ccnn1C. The van der Waals surface area contributed by atoms with Crippen LogP contribution in [0, 0.1) is 5.92 Å². The Kier molecular flexibility index (Phi) is 4.97. The molecule has 1 unspecified atom stereocenters. The second-order valence-corrected chi connectivity index (χ2v) is 6.70. The Morgan fingerprint density at radius 3 is 2.65 bits per heavy atom. The first-order chi connectivity index (χ1) is 7.83. The Morgan fingerprint density at radius 2 is 2.18 bits per heavy atom. The molecule has 7 heteroatoms. The van der Waals surface area contributed by atoms with Gasteiger partial charge >= 0.3 is 0 Å². The van der Waals surface area contributed by atoms with Crippen molar-refractivity contribution in [3.63, 3.8) is 0 Å². The summed E-state index contributed by atoms with van der Waals surface area (Å²) < 4.78 is 27.5. The van der Waals surface area contributed by atoms with E-state index in [2.05, 4.69) is 9.82 Å². The molecular weight excluding hydrogens is 262 g/mol. The average Bonchev–Trinajstić information content (AvgIpc) is 2.61. The van der Waals surface area contributed by atoms with Gasteiger partial charge in [-0.1, -0.05) is 13.8 Å². The number of hydrogen-bond donors (Lipinski definition) is 1. The molecule has 1 atom stereocenters. The van der Waals surface area contributed by atoms with E-state index < -0.39 is 10.0 Å². The Balaban J connectivity index is 2.60. The molecule has 1 aromatic heterocycles. The first-order valence-electron chi connectivity index (χ1n) is 5.44. The van der Waals surface area contributed by atoms with Gasteiger partial charge in [0.2, 0.25) is 0 Å². The van der Waals surface area contributed by atoms with Crippen molar-refractivity contribution in [2.45, 2.75) is 30.7 Å². The number of rotatable bonds is 6. The van der Waals surface area contributed by atoms with E-state index in [1.54, 1.807) is 7.05 Å². The van der Waals surface area contributed by atoms with Crippen molar-refractivity contribution < 1.29 is 8.42 Å². The van der Waals surface area contributed by atoms with Crippen LogP contribution in [0.25, 0.3) is 0 Å². The summed E-state index contributed by atoms with van der Waals surface area (Å²) in [5, 5.41) is 3.77. The quantitative estimate of drug-likeness (QED) is 0.800. The number of nitrogens with zero attached hydrogens (tertiary/aromatic N) is 2. The Morgan fingerprint density at radius 1 is 1.53 bits per heavy atom. The van der Waals surface area contributed by atoms with E-state index in [-0.39, 0.29) is 16.9 Å². The maximum atomic E-state index is 11.9. The summed E-state index contributed by atoms with van der Waals surface area (Å²) in [5.41, 5.74) is 0. The molecule has 0 spiro atoms. The fourth-order valence-electron chi connectivity index (χ4n) is 1.49. The third kappa shape index (κ3) is 4.29. The third-order valence-corrected chi connectivity index (χ3v) is 4.10. The number of hydrogen-bond acceptors (Lipinski definition) is 3. The van der Waals surface area contributed by atoms with E-state index in [1.165, 1.54) is 16.9 Å². The maximum Gasteiger partial charge on any atom is 0.257 e. The molecule has 17 heavy (non-hydrogen) atoms. The zero-order chi connectivity index (χ0) is 13.1. The van der Waals surface area contributed by atoms with Crippen molar-refractivity contribution in [2.75, 3.05) is 6.54 Å². The minimum Gasteiger partial charge on any atom is -0.256 e. The summed E-state index contributed by atoms with van der Waals surface area (Å²) in [6.45, 7) is 4.32. The molecule has 0 fully saturated rings. The van der Waals surface area contributed by atoms with Crippen molar-refractivity contribution in [3.8, 4) is 0 Å². The molecule has 98 valence electrons. The average molecular weight is 280 g/mol. The number of halogens is 1. The molecule has 0 aliphatic carbocycles. The highest BCUT2D eigenvalue weighted by Crippen LogP contribution is 2.11. The van der Waals surface area contributed by atoms with E-state index >= 15 is 0 Å². The van der Waals surface area contributed by atoms with Gasteiger partial charge in [0.1, 0.15) is 0 Å². The van der Waals surface area contributed by atoms with Crippen LogP contribution in [-0.4, -0.2) is 30.1 Å². The summed E-state index contributed by atoms with van der Waals surface area (Å²) in [6, 6.07) is 1.45. The van der Waals surface area contributed by atoms with Gasteiger partial charge in [-0.2, -0.15) is 5.10 Å². The maximum absolute atomic E-state index is 11.9. The van der Waals surface area contributed by atoms with E-state index in [4.69, 9.17) is 11.6 Å².